The lowest BCUT2D eigenvalue weighted by Gasteiger charge is -2.14. The standard InChI is InChI=1S/C27H32N2O5/c1-18(26(31)32)9-7-10-19(2)29-25(30)15-8-16-28-27(33)34-17-24-22-13-5-3-11-20(22)21-12-4-6-14-23(21)24/h3-6,8,11-15,18-19,24H,7,9-10,16-17H2,1-2H3,(H,28,33)(H,29,30)(H,31,32)/b15-8+. The van der Waals surface area contributed by atoms with Gasteiger partial charge in [-0.15, -0.1) is 0 Å². The van der Waals surface area contributed by atoms with E-state index in [-0.39, 0.29) is 36.9 Å². The van der Waals surface area contributed by atoms with Crippen LogP contribution in [-0.4, -0.2) is 42.3 Å². The van der Waals surface area contributed by atoms with Gasteiger partial charge >= 0.3 is 12.1 Å². The van der Waals surface area contributed by atoms with E-state index in [0.29, 0.717) is 12.8 Å². The molecule has 0 spiro atoms. The van der Waals surface area contributed by atoms with Crippen molar-refractivity contribution >= 4 is 18.0 Å². The van der Waals surface area contributed by atoms with Crippen molar-refractivity contribution in [3.63, 3.8) is 0 Å². The summed E-state index contributed by atoms with van der Waals surface area (Å²) in [6, 6.07) is 16.2. The first-order chi connectivity index (χ1) is 16.4. The molecule has 1 aliphatic rings. The summed E-state index contributed by atoms with van der Waals surface area (Å²) in [6.45, 7) is 3.97. The van der Waals surface area contributed by atoms with Gasteiger partial charge < -0.3 is 20.5 Å². The van der Waals surface area contributed by atoms with E-state index in [4.69, 9.17) is 9.84 Å². The van der Waals surface area contributed by atoms with Gasteiger partial charge in [0.25, 0.3) is 0 Å². The first-order valence-corrected chi connectivity index (χ1v) is 11.7. The molecule has 0 bridgehead atoms. The highest BCUT2D eigenvalue weighted by molar-refractivity contribution is 5.87. The monoisotopic (exact) mass is 464 g/mol. The maximum Gasteiger partial charge on any atom is 0.407 e. The molecular formula is C27H32N2O5. The van der Waals surface area contributed by atoms with Crippen LogP contribution >= 0.6 is 0 Å². The fourth-order valence-corrected chi connectivity index (χ4v) is 4.17. The van der Waals surface area contributed by atoms with Crippen LogP contribution in [0.2, 0.25) is 0 Å². The third-order valence-corrected chi connectivity index (χ3v) is 6.06. The van der Waals surface area contributed by atoms with E-state index in [1.165, 1.54) is 17.2 Å². The molecule has 3 N–H and O–H groups in total. The Morgan fingerprint density at radius 1 is 1.00 bits per heavy atom. The van der Waals surface area contributed by atoms with Crippen LogP contribution in [0.15, 0.2) is 60.7 Å². The molecule has 0 saturated carbocycles. The van der Waals surface area contributed by atoms with Gasteiger partial charge in [-0.3, -0.25) is 9.59 Å². The fraction of sp³-hybridized carbons (Fsp3) is 0.370. The molecule has 34 heavy (non-hydrogen) atoms. The number of amides is 2. The molecule has 2 aromatic carbocycles. The summed E-state index contributed by atoms with van der Waals surface area (Å²) >= 11 is 0. The lowest BCUT2D eigenvalue weighted by molar-refractivity contribution is -0.141. The van der Waals surface area contributed by atoms with Crippen LogP contribution in [0.5, 0.6) is 0 Å². The molecule has 7 heteroatoms. The van der Waals surface area contributed by atoms with Gasteiger partial charge in [-0.1, -0.05) is 68.0 Å². The van der Waals surface area contributed by atoms with Gasteiger partial charge in [0, 0.05) is 24.6 Å². The third kappa shape index (κ3) is 6.70. The number of carboxylic acids is 1. The lowest BCUT2D eigenvalue weighted by Crippen LogP contribution is -2.31. The summed E-state index contributed by atoms with van der Waals surface area (Å²) in [7, 11) is 0. The predicted molar refractivity (Wildman–Crippen MR) is 130 cm³/mol. The Morgan fingerprint density at radius 3 is 2.24 bits per heavy atom. The van der Waals surface area contributed by atoms with Crippen molar-refractivity contribution in [2.24, 2.45) is 5.92 Å². The van der Waals surface area contributed by atoms with Crippen LogP contribution in [0.25, 0.3) is 11.1 Å². The van der Waals surface area contributed by atoms with Crippen LogP contribution in [0.3, 0.4) is 0 Å². The highest BCUT2D eigenvalue weighted by Crippen LogP contribution is 2.44. The number of ether oxygens (including phenoxy) is 1. The Kier molecular flexibility index (Phi) is 8.85. The first-order valence-electron chi connectivity index (χ1n) is 11.7. The van der Waals surface area contributed by atoms with Crippen molar-refractivity contribution in [3.05, 3.63) is 71.8 Å². The van der Waals surface area contributed by atoms with Crippen molar-refractivity contribution in [1.29, 1.82) is 0 Å². The molecule has 0 heterocycles. The summed E-state index contributed by atoms with van der Waals surface area (Å²) in [4.78, 5) is 35.0. The molecule has 2 amide bonds. The number of nitrogens with one attached hydrogen (secondary N) is 2. The maximum atomic E-state index is 12.2. The molecule has 0 aromatic heterocycles. The Balaban J connectivity index is 1.37. The summed E-state index contributed by atoms with van der Waals surface area (Å²) in [5, 5.41) is 14.4. The Bertz CT molecular complexity index is 1000. The minimum atomic E-state index is -0.802. The highest BCUT2D eigenvalue weighted by atomic mass is 16.5. The average Bonchev–Trinajstić information content (AvgIpc) is 3.14. The van der Waals surface area contributed by atoms with E-state index >= 15 is 0 Å². The topological polar surface area (TPSA) is 105 Å². The quantitative estimate of drug-likeness (QED) is 0.426. The highest BCUT2D eigenvalue weighted by Gasteiger charge is 2.28. The van der Waals surface area contributed by atoms with Crippen molar-refractivity contribution in [2.75, 3.05) is 13.2 Å². The van der Waals surface area contributed by atoms with Gasteiger partial charge in [-0.05, 0) is 42.0 Å². The fourth-order valence-electron chi connectivity index (χ4n) is 4.17. The molecule has 0 radical (unpaired) electrons. The smallest absolute Gasteiger partial charge is 0.407 e. The minimum absolute atomic E-state index is 0.000515. The zero-order valence-corrected chi connectivity index (χ0v) is 19.6. The van der Waals surface area contributed by atoms with Crippen LogP contribution in [0.4, 0.5) is 4.79 Å². The summed E-state index contributed by atoms with van der Waals surface area (Å²) in [6.07, 6.45) is 4.41. The van der Waals surface area contributed by atoms with Crippen LogP contribution < -0.4 is 10.6 Å². The van der Waals surface area contributed by atoms with Crippen molar-refractivity contribution in [1.82, 2.24) is 10.6 Å². The summed E-state index contributed by atoms with van der Waals surface area (Å²) in [5.74, 6) is -1.44. The van der Waals surface area contributed by atoms with Gasteiger partial charge in [0.15, 0.2) is 0 Å². The van der Waals surface area contributed by atoms with Crippen LogP contribution in [0, 0.1) is 5.92 Å². The van der Waals surface area contributed by atoms with Crippen molar-refractivity contribution in [2.45, 2.75) is 45.1 Å². The number of alkyl carbamates (subject to hydrolysis) is 1. The van der Waals surface area contributed by atoms with Gasteiger partial charge in [-0.25, -0.2) is 4.79 Å². The van der Waals surface area contributed by atoms with E-state index in [1.807, 2.05) is 31.2 Å². The SMILES string of the molecule is CC(CCCC(C)C(=O)O)NC(=O)/C=C/CNC(=O)OCC1c2ccccc2-c2ccccc21. The van der Waals surface area contributed by atoms with Gasteiger partial charge in [0.2, 0.25) is 5.91 Å². The van der Waals surface area contributed by atoms with E-state index in [1.54, 1.807) is 13.0 Å². The molecule has 2 aromatic rings. The van der Waals surface area contributed by atoms with Gasteiger partial charge in [0.1, 0.15) is 6.61 Å². The molecule has 0 aliphatic heterocycles. The van der Waals surface area contributed by atoms with E-state index in [2.05, 4.69) is 34.9 Å². The molecule has 3 rings (SSSR count). The third-order valence-electron chi connectivity index (χ3n) is 6.06. The number of hydrogen-bond donors (Lipinski definition) is 3. The van der Waals surface area contributed by atoms with Gasteiger partial charge in [0.05, 0.1) is 5.92 Å². The number of hydrogen-bond acceptors (Lipinski definition) is 4. The lowest BCUT2D eigenvalue weighted by atomic mass is 9.98. The van der Waals surface area contributed by atoms with E-state index < -0.39 is 12.1 Å². The summed E-state index contributed by atoms with van der Waals surface area (Å²) < 4.78 is 5.47. The predicted octanol–water partition coefficient (Wildman–Crippen LogP) is 4.48. The van der Waals surface area contributed by atoms with Gasteiger partial charge in [-0.2, -0.15) is 0 Å². The second kappa shape index (κ2) is 12.0. The number of benzene rings is 2. The molecular weight excluding hydrogens is 432 g/mol. The average molecular weight is 465 g/mol. The Morgan fingerprint density at radius 2 is 1.62 bits per heavy atom. The number of carboxylic acid groups (broad SMARTS) is 1. The molecule has 0 saturated heterocycles. The minimum Gasteiger partial charge on any atom is -0.481 e. The number of carbonyl (C=O) groups excluding carboxylic acids is 2. The molecule has 0 fully saturated rings. The molecule has 2 unspecified atom stereocenters. The van der Waals surface area contributed by atoms with Crippen molar-refractivity contribution in [3.8, 4) is 11.1 Å². The number of aliphatic carboxylic acids is 1. The van der Waals surface area contributed by atoms with Crippen LogP contribution in [-0.2, 0) is 14.3 Å². The maximum absolute atomic E-state index is 12.2. The second-order valence-corrected chi connectivity index (χ2v) is 8.69. The normalized spacial score (nSPS) is 14.2. The van der Waals surface area contributed by atoms with Crippen molar-refractivity contribution < 1.29 is 24.2 Å². The molecule has 1 aliphatic carbocycles. The zero-order chi connectivity index (χ0) is 24.5. The van der Waals surface area contributed by atoms with Crippen LogP contribution in [0.1, 0.15) is 50.2 Å². The molecule has 7 nitrogen and oxygen atoms in total. The number of rotatable bonds is 11. The zero-order valence-electron chi connectivity index (χ0n) is 19.6. The molecule has 2 atom stereocenters. The number of fused-ring (bicyclic) bond motifs is 3. The second-order valence-electron chi connectivity index (χ2n) is 8.69. The number of carbonyl (C=O) groups is 3. The summed E-state index contributed by atoms with van der Waals surface area (Å²) in [5.41, 5.74) is 4.65. The Labute approximate surface area is 200 Å². The largest absolute Gasteiger partial charge is 0.481 e. The Hall–Kier alpha value is -3.61. The van der Waals surface area contributed by atoms with E-state index in [0.717, 1.165) is 17.5 Å². The molecule has 180 valence electrons. The van der Waals surface area contributed by atoms with E-state index in [9.17, 15) is 14.4 Å². The first kappa shape index (κ1) is 25.0.